The largest absolute Gasteiger partial charge is 0.543 e. The monoisotopic (exact) mass is 275 g/mol. The van der Waals surface area contributed by atoms with Gasteiger partial charge in [0.05, 0.1) is 0 Å². The van der Waals surface area contributed by atoms with E-state index in [0.717, 1.165) is 11.3 Å². The van der Waals surface area contributed by atoms with E-state index in [1.165, 1.54) is 0 Å². The third-order valence-electron chi connectivity index (χ3n) is 3.58. The minimum Gasteiger partial charge on any atom is -0.543 e. The molecule has 2 nitrogen and oxygen atoms in total. The third kappa shape index (κ3) is 4.35. The lowest BCUT2D eigenvalue weighted by molar-refractivity contribution is 0.458. The number of nitrogens with one attached hydrogen (secondary N) is 1. The molecule has 0 fully saturated rings. The molecule has 0 heterocycles. The van der Waals surface area contributed by atoms with Crippen LogP contribution in [0.3, 0.4) is 0 Å². The second-order valence-electron chi connectivity index (χ2n) is 6.42. The molecule has 0 aliphatic rings. The Morgan fingerprint density at radius 1 is 1.16 bits per heavy atom. The van der Waals surface area contributed by atoms with Crippen LogP contribution < -0.4 is 0 Å². The van der Waals surface area contributed by atoms with Crippen LogP contribution in [-0.4, -0.2) is 14.0 Å². The summed E-state index contributed by atoms with van der Waals surface area (Å²) in [7, 11) is -1.88. The zero-order valence-corrected chi connectivity index (χ0v) is 13.9. The van der Waals surface area contributed by atoms with Crippen LogP contribution in [0.25, 0.3) is 5.76 Å². The smallest absolute Gasteiger partial charge is 0.250 e. The van der Waals surface area contributed by atoms with Gasteiger partial charge in [-0.25, -0.2) is 0 Å². The first-order valence-corrected chi connectivity index (χ1v) is 9.55. The van der Waals surface area contributed by atoms with Gasteiger partial charge in [-0.15, -0.1) is 0 Å². The minimum absolute atomic E-state index is 0.150. The quantitative estimate of drug-likeness (QED) is 0.463. The fourth-order valence-corrected chi connectivity index (χ4v) is 2.43. The summed E-state index contributed by atoms with van der Waals surface area (Å²) in [6.07, 6.45) is 1.82. The number of benzene rings is 1. The minimum atomic E-state index is -1.88. The van der Waals surface area contributed by atoms with Crippen molar-refractivity contribution in [3.63, 3.8) is 0 Å². The van der Waals surface area contributed by atoms with E-state index in [1.54, 1.807) is 6.92 Å². The lowest BCUT2D eigenvalue weighted by Gasteiger charge is -2.37. The molecule has 0 saturated heterocycles. The molecule has 0 amide bonds. The number of hydrogen-bond acceptors (Lipinski definition) is 2. The van der Waals surface area contributed by atoms with E-state index in [0.29, 0.717) is 5.71 Å². The highest BCUT2D eigenvalue weighted by molar-refractivity contribution is 6.74. The van der Waals surface area contributed by atoms with Crippen LogP contribution in [0.4, 0.5) is 0 Å². The molecule has 0 aliphatic heterocycles. The van der Waals surface area contributed by atoms with Crippen LogP contribution >= 0.6 is 0 Å². The van der Waals surface area contributed by atoms with Crippen molar-refractivity contribution in [3.05, 3.63) is 42.0 Å². The van der Waals surface area contributed by atoms with Gasteiger partial charge in [-0.05, 0) is 31.1 Å². The van der Waals surface area contributed by atoms with Gasteiger partial charge >= 0.3 is 0 Å². The maximum absolute atomic E-state index is 7.70. The van der Waals surface area contributed by atoms with E-state index < -0.39 is 8.32 Å². The molecule has 1 rings (SSSR count). The molecule has 3 heteroatoms. The summed E-state index contributed by atoms with van der Waals surface area (Å²) >= 11 is 0. The summed E-state index contributed by atoms with van der Waals surface area (Å²) in [4.78, 5) is 0. The molecule has 0 bridgehead atoms. The van der Waals surface area contributed by atoms with E-state index in [9.17, 15) is 0 Å². The molecule has 104 valence electrons. The molecule has 0 spiro atoms. The van der Waals surface area contributed by atoms with Crippen molar-refractivity contribution >= 4 is 19.8 Å². The number of allylic oxidation sites excluding steroid dienone is 1. The fourth-order valence-electron chi connectivity index (χ4n) is 1.40. The average Bonchev–Trinajstić information content (AvgIpc) is 2.27. The lowest BCUT2D eigenvalue weighted by atomic mass is 10.1. The molecular weight excluding hydrogens is 250 g/mol. The van der Waals surface area contributed by atoms with Crippen LogP contribution in [0.1, 0.15) is 33.3 Å². The van der Waals surface area contributed by atoms with Crippen molar-refractivity contribution < 1.29 is 4.43 Å². The van der Waals surface area contributed by atoms with Crippen LogP contribution in [0, 0.1) is 5.41 Å². The normalized spacial score (nSPS) is 13.3. The standard InChI is InChI=1S/C16H25NOSi/c1-13(17)12-15(14-10-8-7-9-11-14)18-19(5,6)16(2,3)4/h7-12,17H,1-6H3/b15-12-,17-13?. The van der Waals surface area contributed by atoms with Crippen molar-refractivity contribution in [2.75, 3.05) is 0 Å². The molecule has 0 aliphatic carbocycles. The summed E-state index contributed by atoms with van der Waals surface area (Å²) in [6.45, 7) is 12.9. The summed E-state index contributed by atoms with van der Waals surface area (Å²) < 4.78 is 6.36. The third-order valence-corrected chi connectivity index (χ3v) is 7.92. The van der Waals surface area contributed by atoms with Crippen LogP contribution in [0.5, 0.6) is 0 Å². The lowest BCUT2D eigenvalue weighted by Crippen LogP contribution is -2.40. The van der Waals surface area contributed by atoms with E-state index >= 15 is 0 Å². The molecule has 1 aromatic rings. The van der Waals surface area contributed by atoms with E-state index in [-0.39, 0.29) is 5.04 Å². The Kier molecular flexibility index (Phi) is 4.74. The topological polar surface area (TPSA) is 33.1 Å². The van der Waals surface area contributed by atoms with Crippen LogP contribution in [0.15, 0.2) is 36.4 Å². The van der Waals surface area contributed by atoms with Crippen molar-refractivity contribution in [2.24, 2.45) is 0 Å². The Morgan fingerprint density at radius 2 is 1.68 bits per heavy atom. The van der Waals surface area contributed by atoms with Crippen molar-refractivity contribution in [1.29, 1.82) is 5.41 Å². The van der Waals surface area contributed by atoms with Crippen molar-refractivity contribution in [3.8, 4) is 0 Å². The molecule has 1 aromatic carbocycles. The van der Waals surface area contributed by atoms with Crippen molar-refractivity contribution in [1.82, 2.24) is 0 Å². The Morgan fingerprint density at radius 3 is 2.11 bits per heavy atom. The highest BCUT2D eigenvalue weighted by atomic mass is 28.4. The first-order chi connectivity index (χ1) is 8.63. The Hall–Kier alpha value is -1.35. The zero-order valence-electron chi connectivity index (χ0n) is 12.9. The second-order valence-corrected chi connectivity index (χ2v) is 11.1. The Labute approximate surface area is 118 Å². The zero-order chi connectivity index (χ0) is 14.7. The molecule has 0 aromatic heterocycles. The first-order valence-electron chi connectivity index (χ1n) is 6.65. The van der Waals surface area contributed by atoms with E-state index in [2.05, 4.69) is 33.9 Å². The van der Waals surface area contributed by atoms with Gasteiger partial charge in [0.15, 0.2) is 0 Å². The molecule has 0 unspecified atom stereocenters. The predicted octanol–water partition coefficient (Wildman–Crippen LogP) is 5.09. The van der Waals surface area contributed by atoms with E-state index in [1.807, 2.05) is 36.4 Å². The molecule has 1 N–H and O–H groups in total. The molecular formula is C16H25NOSi. The van der Waals surface area contributed by atoms with Gasteiger partial charge in [0.2, 0.25) is 0 Å². The number of hydrogen-bond donors (Lipinski definition) is 1. The van der Waals surface area contributed by atoms with Gasteiger partial charge in [0.25, 0.3) is 8.32 Å². The van der Waals surface area contributed by atoms with Crippen LogP contribution in [-0.2, 0) is 4.43 Å². The van der Waals surface area contributed by atoms with Gasteiger partial charge in [0.1, 0.15) is 5.76 Å². The molecule has 0 atom stereocenters. The van der Waals surface area contributed by atoms with Gasteiger partial charge < -0.3 is 9.84 Å². The highest BCUT2D eigenvalue weighted by Crippen LogP contribution is 2.39. The maximum atomic E-state index is 7.70. The molecule has 0 saturated carbocycles. The highest BCUT2D eigenvalue weighted by Gasteiger charge is 2.39. The second kappa shape index (κ2) is 5.74. The van der Waals surface area contributed by atoms with Gasteiger partial charge in [-0.1, -0.05) is 51.1 Å². The fraction of sp³-hybridized carbons (Fsp3) is 0.438. The Balaban J connectivity index is 3.12. The Bertz CT molecular complexity index is 469. The van der Waals surface area contributed by atoms with E-state index in [4.69, 9.17) is 9.84 Å². The summed E-state index contributed by atoms with van der Waals surface area (Å²) in [5.41, 5.74) is 1.55. The van der Waals surface area contributed by atoms with Gasteiger partial charge in [-0.2, -0.15) is 0 Å². The number of rotatable bonds is 4. The summed E-state index contributed by atoms with van der Waals surface area (Å²) in [6, 6.07) is 10.0. The van der Waals surface area contributed by atoms with Gasteiger partial charge in [0, 0.05) is 11.3 Å². The molecule has 0 radical (unpaired) electrons. The predicted molar refractivity (Wildman–Crippen MR) is 86.1 cm³/mol. The summed E-state index contributed by atoms with van der Waals surface area (Å²) in [5.74, 6) is 0.819. The maximum Gasteiger partial charge on any atom is 0.250 e. The van der Waals surface area contributed by atoms with Crippen molar-refractivity contribution in [2.45, 2.75) is 45.8 Å². The summed E-state index contributed by atoms with van der Waals surface area (Å²) in [5, 5.41) is 7.85. The molecule has 19 heavy (non-hydrogen) atoms. The van der Waals surface area contributed by atoms with Crippen LogP contribution in [0.2, 0.25) is 18.1 Å². The average molecular weight is 275 g/mol. The SMILES string of the molecule is CC(=N)/C=C(\O[Si](C)(C)C(C)(C)C)c1ccccc1. The van der Waals surface area contributed by atoms with Gasteiger partial charge in [-0.3, -0.25) is 0 Å². The first kappa shape index (κ1) is 15.7.